The van der Waals surface area contributed by atoms with Crippen LogP contribution in [0.1, 0.15) is 43.3 Å². The molecule has 29 heavy (non-hydrogen) atoms. The lowest BCUT2D eigenvalue weighted by atomic mass is 10.00. The Labute approximate surface area is 172 Å². The van der Waals surface area contributed by atoms with Gasteiger partial charge in [-0.2, -0.15) is 0 Å². The van der Waals surface area contributed by atoms with E-state index in [4.69, 9.17) is 17.2 Å². The Balaban J connectivity index is 0.00000145. The van der Waals surface area contributed by atoms with Crippen LogP contribution < -0.4 is 5.32 Å². The van der Waals surface area contributed by atoms with E-state index in [1.54, 1.807) is 13.0 Å². The maximum Gasteiger partial charge on any atom is 0.130 e. The molecule has 0 aliphatic rings. The summed E-state index contributed by atoms with van der Waals surface area (Å²) >= 11 is 0. The van der Waals surface area contributed by atoms with Gasteiger partial charge in [-0.1, -0.05) is 31.9 Å². The standard InChI is InChI=1S/C22H19N5.C2H6/c1-4-16-11-17(20-9-6-8-19(26-20)15(3)24)12-21(18(16)13-23)27-22-10-5-7-14(2)25-22;1-2/h1,5-13,23-24H,2-3H3,(H,25,27);1-2H3. The van der Waals surface area contributed by atoms with E-state index in [2.05, 4.69) is 21.2 Å². The van der Waals surface area contributed by atoms with Gasteiger partial charge in [-0.05, 0) is 50.2 Å². The van der Waals surface area contributed by atoms with Gasteiger partial charge in [-0.3, -0.25) is 0 Å². The van der Waals surface area contributed by atoms with Crippen molar-refractivity contribution < 1.29 is 0 Å². The minimum absolute atomic E-state index is 0.396. The third kappa shape index (κ3) is 5.14. The molecule has 0 atom stereocenters. The summed E-state index contributed by atoms with van der Waals surface area (Å²) in [5.74, 6) is 3.33. The molecule has 5 nitrogen and oxygen atoms in total. The highest BCUT2D eigenvalue weighted by Crippen LogP contribution is 2.29. The smallest absolute Gasteiger partial charge is 0.130 e. The number of hydrogen-bond donors (Lipinski definition) is 3. The van der Waals surface area contributed by atoms with Gasteiger partial charge in [0.25, 0.3) is 0 Å². The molecule has 2 aromatic heterocycles. The van der Waals surface area contributed by atoms with E-state index in [-0.39, 0.29) is 0 Å². The number of hydrogen-bond acceptors (Lipinski definition) is 5. The third-order valence-corrected chi connectivity index (χ3v) is 4.06. The normalized spacial score (nSPS) is 9.62. The van der Waals surface area contributed by atoms with Crippen LogP contribution in [0.2, 0.25) is 0 Å². The van der Waals surface area contributed by atoms with E-state index < -0.39 is 0 Å². The van der Waals surface area contributed by atoms with E-state index in [0.717, 1.165) is 11.3 Å². The highest BCUT2D eigenvalue weighted by Gasteiger charge is 2.12. The van der Waals surface area contributed by atoms with Crippen LogP contribution in [0.25, 0.3) is 11.3 Å². The van der Waals surface area contributed by atoms with Gasteiger partial charge in [-0.25, -0.2) is 9.97 Å². The molecule has 0 aliphatic carbocycles. The van der Waals surface area contributed by atoms with Crippen LogP contribution in [-0.4, -0.2) is 21.9 Å². The lowest BCUT2D eigenvalue weighted by Crippen LogP contribution is -2.02. The van der Waals surface area contributed by atoms with Gasteiger partial charge in [0, 0.05) is 28.6 Å². The molecule has 3 rings (SSSR count). The summed E-state index contributed by atoms with van der Waals surface area (Å²) < 4.78 is 0. The van der Waals surface area contributed by atoms with Gasteiger partial charge in [0.2, 0.25) is 0 Å². The first-order valence-corrected chi connectivity index (χ1v) is 9.40. The summed E-state index contributed by atoms with van der Waals surface area (Å²) in [6, 6.07) is 15.0. The van der Waals surface area contributed by atoms with Crippen LogP contribution in [-0.2, 0) is 0 Å². The van der Waals surface area contributed by atoms with Gasteiger partial charge >= 0.3 is 0 Å². The monoisotopic (exact) mass is 383 g/mol. The molecule has 3 N–H and O–H groups in total. The Morgan fingerprint density at radius 1 is 1.10 bits per heavy atom. The summed E-state index contributed by atoms with van der Waals surface area (Å²) in [6.07, 6.45) is 6.93. The number of pyridine rings is 2. The fourth-order valence-electron chi connectivity index (χ4n) is 2.73. The van der Waals surface area contributed by atoms with Crippen LogP contribution in [0.3, 0.4) is 0 Å². The average molecular weight is 383 g/mol. The van der Waals surface area contributed by atoms with Gasteiger partial charge in [0.05, 0.1) is 22.8 Å². The van der Waals surface area contributed by atoms with E-state index >= 15 is 0 Å². The van der Waals surface area contributed by atoms with Crippen LogP contribution in [0.5, 0.6) is 0 Å². The maximum atomic E-state index is 7.80. The van der Waals surface area contributed by atoms with E-state index in [0.29, 0.717) is 39.7 Å². The van der Waals surface area contributed by atoms with Crippen molar-refractivity contribution in [3.63, 3.8) is 0 Å². The summed E-state index contributed by atoms with van der Waals surface area (Å²) in [4.78, 5) is 9.00. The second-order valence-electron chi connectivity index (χ2n) is 6.10. The predicted octanol–water partition coefficient (Wildman–Crippen LogP) is 5.59. The summed E-state index contributed by atoms with van der Waals surface area (Å²) in [5.41, 5.74) is 5.32. The zero-order valence-electron chi connectivity index (χ0n) is 17.2. The lowest BCUT2D eigenvalue weighted by Gasteiger charge is -2.14. The molecule has 0 spiro atoms. The molecule has 5 heteroatoms. The predicted molar refractivity (Wildman–Crippen MR) is 122 cm³/mol. The van der Waals surface area contributed by atoms with Gasteiger partial charge in [0.15, 0.2) is 0 Å². The molecule has 0 saturated carbocycles. The number of nitrogens with zero attached hydrogens (tertiary/aromatic N) is 2. The molecule has 3 aromatic rings. The number of nitrogens with one attached hydrogen (secondary N) is 3. The zero-order valence-corrected chi connectivity index (χ0v) is 17.2. The molecule has 0 saturated heterocycles. The van der Waals surface area contributed by atoms with Crippen molar-refractivity contribution in [2.24, 2.45) is 0 Å². The zero-order chi connectivity index (χ0) is 21.4. The minimum Gasteiger partial charge on any atom is -0.340 e. The van der Waals surface area contributed by atoms with Gasteiger partial charge in [0.1, 0.15) is 5.82 Å². The molecular weight excluding hydrogens is 358 g/mol. The van der Waals surface area contributed by atoms with Crippen molar-refractivity contribution in [1.29, 1.82) is 10.8 Å². The second kappa shape index (κ2) is 9.95. The van der Waals surface area contributed by atoms with Crippen LogP contribution in [0, 0.1) is 30.1 Å². The van der Waals surface area contributed by atoms with Crippen molar-refractivity contribution in [1.82, 2.24) is 9.97 Å². The number of benzene rings is 1. The number of anilines is 2. The van der Waals surface area contributed by atoms with E-state index in [9.17, 15) is 0 Å². The maximum absolute atomic E-state index is 7.80. The SMILES string of the molecule is C#Cc1cc(-c2cccc(C(C)=N)n2)cc(Nc2cccc(C)n2)c1C=N.CC. The highest BCUT2D eigenvalue weighted by molar-refractivity contribution is 5.95. The number of rotatable bonds is 5. The van der Waals surface area contributed by atoms with E-state index in [1.165, 1.54) is 6.21 Å². The molecule has 146 valence electrons. The third-order valence-electron chi connectivity index (χ3n) is 4.06. The fraction of sp³-hybridized carbons (Fsp3) is 0.167. The molecule has 0 fully saturated rings. The van der Waals surface area contributed by atoms with Gasteiger partial charge < -0.3 is 16.1 Å². The summed E-state index contributed by atoms with van der Waals surface area (Å²) in [5, 5.41) is 18.8. The molecule has 0 amide bonds. The highest BCUT2D eigenvalue weighted by atomic mass is 15.0. The van der Waals surface area contributed by atoms with Crippen LogP contribution in [0.15, 0.2) is 48.5 Å². The van der Waals surface area contributed by atoms with E-state index in [1.807, 2.05) is 63.2 Å². The Hall–Kier alpha value is -3.78. The van der Waals surface area contributed by atoms with Crippen molar-refractivity contribution in [2.45, 2.75) is 27.7 Å². The first kappa shape index (κ1) is 21.5. The Morgan fingerprint density at radius 2 is 1.83 bits per heavy atom. The fourth-order valence-corrected chi connectivity index (χ4v) is 2.73. The van der Waals surface area contributed by atoms with Crippen molar-refractivity contribution >= 4 is 23.4 Å². The lowest BCUT2D eigenvalue weighted by molar-refractivity contribution is 1.20. The van der Waals surface area contributed by atoms with Crippen molar-refractivity contribution in [2.75, 3.05) is 5.32 Å². The largest absolute Gasteiger partial charge is 0.340 e. The quantitative estimate of drug-likeness (QED) is 0.396. The average Bonchev–Trinajstić information content (AvgIpc) is 2.74. The van der Waals surface area contributed by atoms with Crippen LogP contribution >= 0.6 is 0 Å². The minimum atomic E-state index is 0.396. The first-order chi connectivity index (χ1) is 14.0. The molecule has 2 heterocycles. The summed E-state index contributed by atoms with van der Waals surface area (Å²) in [7, 11) is 0. The Kier molecular flexibility index (Phi) is 7.39. The Morgan fingerprint density at radius 3 is 2.45 bits per heavy atom. The molecule has 0 aliphatic heterocycles. The second-order valence-corrected chi connectivity index (χ2v) is 6.10. The Bertz CT molecular complexity index is 1080. The topological polar surface area (TPSA) is 85.5 Å². The number of aromatic nitrogens is 2. The van der Waals surface area contributed by atoms with Crippen LogP contribution in [0.4, 0.5) is 11.5 Å². The molecule has 0 unspecified atom stereocenters. The first-order valence-electron chi connectivity index (χ1n) is 9.40. The van der Waals surface area contributed by atoms with Crippen molar-refractivity contribution in [3.05, 3.63) is 71.0 Å². The molecular formula is C24H25N5. The molecule has 0 radical (unpaired) electrons. The number of terminal acetylenes is 1. The summed E-state index contributed by atoms with van der Waals surface area (Å²) in [6.45, 7) is 7.62. The number of aryl methyl sites for hydroxylation is 1. The molecule has 1 aromatic carbocycles. The van der Waals surface area contributed by atoms with Crippen molar-refractivity contribution in [3.8, 4) is 23.6 Å². The van der Waals surface area contributed by atoms with Gasteiger partial charge in [-0.15, -0.1) is 6.42 Å². The molecule has 0 bridgehead atoms.